The van der Waals surface area contributed by atoms with Crippen LogP contribution in [0.2, 0.25) is 0 Å². The Bertz CT molecular complexity index is 232. The number of methoxy groups -OCH3 is 2. The maximum absolute atomic E-state index is 5.10. The van der Waals surface area contributed by atoms with Crippen LogP contribution in [0.3, 0.4) is 0 Å². The first-order valence-electron chi connectivity index (χ1n) is 4.51. The van der Waals surface area contributed by atoms with Gasteiger partial charge in [-0.15, -0.1) is 0 Å². The van der Waals surface area contributed by atoms with Crippen molar-refractivity contribution in [2.24, 2.45) is 0 Å². The largest absolute Gasteiger partial charge is 0.472 e. The van der Waals surface area contributed by atoms with Gasteiger partial charge < -0.3 is 13.9 Å². The Morgan fingerprint density at radius 2 is 2.14 bits per heavy atom. The van der Waals surface area contributed by atoms with Crippen LogP contribution >= 0.6 is 0 Å². The predicted octanol–water partition coefficient (Wildman–Crippen LogP) is 1.33. The molecule has 0 aliphatic carbocycles. The summed E-state index contributed by atoms with van der Waals surface area (Å²) in [7, 11) is 5.29. The maximum Gasteiger partial charge on any atom is 0.169 e. The van der Waals surface area contributed by atoms with E-state index in [4.69, 9.17) is 13.9 Å². The topological polar surface area (TPSA) is 34.8 Å². The zero-order valence-electron chi connectivity index (χ0n) is 8.90. The van der Waals surface area contributed by atoms with Gasteiger partial charge in [0.2, 0.25) is 0 Å². The number of nitrogens with zero attached hydrogens (tertiary/aromatic N) is 1. The number of rotatable bonds is 6. The molecule has 0 unspecified atom stereocenters. The van der Waals surface area contributed by atoms with Gasteiger partial charge in [-0.1, -0.05) is 0 Å². The monoisotopic (exact) mass is 199 g/mol. The highest BCUT2D eigenvalue weighted by molar-refractivity contribution is 5.04. The van der Waals surface area contributed by atoms with Gasteiger partial charge >= 0.3 is 0 Å². The van der Waals surface area contributed by atoms with Gasteiger partial charge in [-0.2, -0.15) is 0 Å². The molecule has 1 aromatic heterocycles. The average Bonchev–Trinajstić information content (AvgIpc) is 2.66. The van der Waals surface area contributed by atoms with Crippen molar-refractivity contribution >= 4 is 0 Å². The van der Waals surface area contributed by atoms with Crippen molar-refractivity contribution in [2.45, 2.75) is 12.8 Å². The number of furan rings is 1. The molecular weight excluding hydrogens is 182 g/mol. The summed E-state index contributed by atoms with van der Waals surface area (Å²) in [5.74, 6) is 0. The molecule has 0 atom stereocenters. The van der Waals surface area contributed by atoms with Crippen LogP contribution < -0.4 is 0 Å². The lowest BCUT2D eigenvalue weighted by atomic mass is 10.3. The molecule has 0 aromatic carbocycles. The molecular formula is C10H17NO3. The van der Waals surface area contributed by atoms with Crippen molar-refractivity contribution in [3.63, 3.8) is 0 Å². The molecule has 14 heavy (non-hydrogen) atoms. The lowest BCUT2D eigenvalue weighted by Gasteiger charge is -2.21. The Morgan fingerprint density at radius 3 is 2.64 bits per heavy atom. The Hall–Kier alpha value is -0.840. The number of hydrogen-bond donors (Lipinski definition) is 0. The Morgan fingerprint density at radius 1 is 1.43 bits per heavy atom. The summed E-state index contributed by atoms with van der Waals surface area (Å²) in [5.41, 5.74) is 1.15. The summed E-state index contributed by atoms with van der Waals surface area (Å²) < 4.78 is 15.2. The molecule has 1 aromatic rings. The first-order chi connectivity index (χ1) is 6.76. The van der Waals surface area contributed by atoms with Crippen molar-refractivity contribution in [3.8, 4) is 0 Å². The fraction of sp³-hybridized carbons (Fsp3) is 0.600. The molecule has 0 aliphatic heterocycles. The Balaban J connectivity index is 2.31. The van der Waals surface area contributed by atoms with Crippen LogP contribution in [-0.4, -0.2) is 39.0 Å². The summed E-state index contributed by atoms with van der Waals surface area (Å²) in [6, 6.07) is 1.95. The van der Waals surface area contributed by atoms with E-state index in [1.165, 1.54) is 0 Å². The molecule has 80 valence electrons. The van der Waals surface area contributed by atoms with Crippen LogP contribution in [0.4, 0.5) is 0 Å². The van der Waals surface area contributed by atoms with E-state index in [0.717, 1.165) is 18.7 Å². The van der Waals surface area contributed by atoms with E-state index in [0.29, 0.717) is 0 Å². The molecule has 0 radical (unpaired) electrons. The second kappa shape index (κ2) is 5.80. The van der Waals surface area contributed by atoms with Gasteiger partial charge in [0.25, 0.3) is 0 Å². The highest BCUT2D eigenvalue weighted by atomic mass is 16.7. The number of ether oxygens (including phenoxy) is 2. The zero-order chi connectivity index (χ0) is 10.4. The summed E-state index contributed by atoms with van der Waals surface area (Å²) in [5, 5.41) is 0. The van der Waals surface area contributed by atoms with Crippen molar-refractivity contribution in [3.05, 3.63) is 24.2 Å². The molecule has 1 heterocycles. The molecule has 0 fully saturated rings. The molecule has 0 spiro atoms. The maximum atomic E-state index is 5.10. The third kappa shape index (κ3) is 3.49. The lowest BCUT2D eigenvalue weighted by Crippen LogP contribution is -2.31. The smallest absolute Gasteiger partial charge is 0.169 e. The SMILES string of the molecule is COC(CN(C)Cc1ccoc1)OC. The summed E-state index contributed by atoms with van der Waals surface area (Å²) in [6.45, 7) is 1.57. The van der Waals surface area contributed by atoms with E-state index >= 15 is 0 Å². The van der Waals surface area contributed by atoms with Crippen LogP contribution in [-0.2, 0) is 16.0 Å². The third-order valence-electron chi connectivity index (χ3n) is 2.02. The van der Waals surface area contributed by atoms with Crippen molar-refractivity contribution in [2.75, 3.05) is 27.8 Å². The number of likely N-dealkylation sites (N-methyl/N-ethyl adjacent to an activating group) is 1. The van der Waals surface area contributed by atoms with Gasteiger partial charge in [-0.05, 0) is 13.1 Å². The van der Waals surface area contributed by atoms with Crippen LogP contribution in [0.1, 0.15) is 5.56 Å². The molecule has 4 nitrogen and oxygen atoms in total. The van der Waals surface area contributed by atoms with E-state index < -0.39 is 0 Å². The summed E-state index contributed by atoms with van der Waals surface area (Å²) >= 11 is 0. The third-order valence-corrected chi connectivity index (χ3v) is 2.02. The van der Waals surface area contributed by atoms with Crippen molar-refractivity contribution in [1.82, 2.24) is 4.90 Å². The second-order valence-corrected chi connectivity index (χ2v) is 3.23. The first-order valence-corrected chi connectivity index (χ1v) is 4.51. The van der Waals surface area contributed by atoms with E-state index in [9.17, 15) is 0 Å². The standard InChI is InChI=1S/C10H17NO3/c1-11(7-10(12-2)13-3)6-9-4-5-14-8-9/h4-5,8,10H,6-7H2,1-3H3. The Kier molecular flexibility index (Phi) is 4.65. The van der Waals surface area contributed by atoms with Gasteiger partial charge in [-0.3, -0.25) is 4.90 Å². The minimum Gasteiger partial charge on any atom is -0.472 e. The van der Waals surface area contributed by atoms with Gasteiger partial charge in [0.15, 0.2) is 6.29 Å². The highest BCUT2D eigenvalue weighted by Crippen LogP contribution is 2.04. The molecule has 1 rings (SSSR count). The van der Waals surface area contributed by atoms with Crippen molar-refractivity contribution < 1.29 is 13.9 Å². The zero-order valence-corrected chi connectivity index (χ0v) is 8.90. The minimum absolute atomic E-state index is 0.174. The molecule has 0 saturated heterocycles. The van der Waals surface area contributed by atoms with Gasteiger partial charge in [0.1, 0.15) is 0 Å². The fourth-order valence-corrected chi connectivity index (χ4v) is 1.26. The van der Waals surface area contributed by atoms with E-state index in [2.05, 4.69) is 4.90 Å². The average molecular weight is 199 g/mol. The molecule has 4 heteroatoms. The first kappa shape index (κ1) is 11.2. The second-order valence-electron chi connectivity index (χ2n) is 3.23. The van der Waals surface area contributed by atoms with Crippen LogP contribution in [0, 0.1) is 0 Å². The quantitative estimate of drug-likeness (QED) is 0.647. The molecule has 0 saturated carbocycles. The van der Waals surface area contributed by atoms with E-state index in [1.54, 1.807) is 26.7 Å². The van der Waals surface area contributed by atoms with E-state index in [-0.39, 0.29) is 6.29 Å². The van der Waals surface area contributed by atoms with Gasteiger partial charge in [0, 0.05) is 32.9 Å². The molecule has 0 amide bonds. The fourth-order valence-electron chi connectivity index (χ4n) is 1.26. The van der Waals surface area contributed by atoms with Crippen LogP contribution in [0.15, 0.2) is 23.0 Å². The summed E-state index contributed by atoms with van der Waals surface area (Å²) in [6.07, 6.45) is 3.24. The minimum atomic E-state index is -0.174. The lowest BCUT2D eigenvalue weighted by molar-refractivity contribution is -0.114. The van der Waals surface area contributed by atoms with Gasteiger partial charge in [0.05, 0.1) is 12.5 Å². The summed E-state index contributed by atoms with van der Waals surface area (Å²) in [4.78, 5) is 2.11. The molecule has 0 N–H and O–H groups in total. The van der Waals surface area contributed by atoms with Gasteiger partial charge in [-0.25, -0.2) is 0 Å². The van der Waals surface area contributed by atoms with Crippen LogP contribution in [0.5, 0.6) is 0 Å². The molecule has 0 bridgehead atoms. The number of hydrogen-bond acceptors (Lipinski definition) is 4. The highest BCUT2D eigenvalue weighted by Gasteiger charge is 2.09. The van der Waals surface area contributed by atoms with Crippen LogP contribution in [0.25, 0.3) is 0 Å². The Labute approximate surface area is 84.4 Å². The van der Waals surface area contributed by atoms with E-state index in [1.807, 2.05) is 13.1 Å². The normalized spacial score (nSPS) is 11.5. The predicted molar refractivity (Wildman–Crippen MR) is 52.8 cm³/mol. The van der Waals surface area contributed by atoms with Crippen molar-refractivity contribution in [1.29, 1.82) is 0 Å². The molecule has 0 aliphatic rings.